The second-order valence-corrected chi connectivity index (χ2v) is 10.7. The summed E-state index contributed by atoms with van der Waals surface area (Å²) in [4.78, 5) is 2.48. The lowest BCUT2D eigenvalue weighted by Crippen LogP contribution is -2.23. The zero-order chi connectivity index (χ0) is 23.0. The van der Waals surface area contributed by atoms with Crippen molar-refractivity contribution in [3.05, 3.63) is 130 Å². The number of benzene rings is 4. The molecule has 5 heteroatoms. The lowest BCUT2D eigenvalue weighted by atomic mass is 9.91. The summed E-state index contributed by atoms with van der Waals surface area (Å²) in [5, 5.41) is 0. The van der Waals surface area contributed by atoms with E-state index in [-0.39, 0.29) is 9.13 Å². The third-order valence-corrected chi connectivity index (χ3v) is 8.46. The van der Waals surface area contributed by atoms with Gasteiger partial charge in [0.15, 0.2) is 0 Å². The fraction of sp³-hybridized carbons (Fsp3) is 0.0714. The summed E-state index contributed by atoms with van der Waals surface area (Å²) in [6.45, 7) is 2.61. The summed E-state index contributed by atoms with van der Waals surface area (Å²) in [6.07, 6.45) is 0. The smallest absolute Gasteiger partial charge is 0.212 e. The molecular weight excluding hydrogens is 446 g/mol. The number of para-hydroxylation sites is 2. The molecule has 0 atom stereocenters. The fourth-order valence-corrected chi connectivity index (χ4v) is 6.01. The van der Waals surface area contributed by atoms with Crippen molar-refractivity contribution in [2.75, 3.05) is 4.90 Å². The number of aryl methyl sites for hydroxylation is 1. The van der Waals surface area contributed by atoms with Gasteiger partial charge in [0.1, 0.15) is 4.24 Å². The highest BCUT2D eigenvalue weighted by molar-refractivity contribution is 8.10. The van der Waals surface area contributed by atoms with Gasteiger partial charge in [-0.2, -0.15) is 0 Å². The molecule has 0 amide bonds. The summed E-state index contributed by atoms with van der Waals surface area (Å²) in [6, 6.07) is 33.0. The van der Waals surface area contributed by atoms with Crippen LogP contribution in [0.2, 0.25) is 0 Å². The van der Waals surface area contributed by atoms with Crippen molar-refractivity contribution in [3.8, 4) is 0 Å². The third-order valence-electron chi connectivity index (χ3n) is 5.91. The molecule has 0 saturated carbocycles. The monoisotopic (exact) mass is 469 g/mol. The van der Waals surface area contributed by atoms with E-state index in [2.05, 4.69) is 29.7 Å². The minimum absolute atomic E-state index is 0.0608. The lowest BCUT2D eigenvalue weighted by Gasteiger charge is -2.35. The average Bonchev–Trinajstić information content (AvgIpc) is 2.84. The van der Waals surface area contributed by atoms with Crippen LogP contribution in [0.3, 0.4) is 0 Å². The van der Waals surface area contributed by atoms with E-state index in [0.29, 0.717) is 12.1 Å². The maximum Gasteiger partial charge on any atom is 0.212 e. The maximum absolute atomic E-state index is 13.6. The maximum atomic E-state index is 13.6. The minimum atomic E-state index is -3.79. The van der Waals surface area contributed by atoms with Crippen molar-refractivity contribution in [1.82, 2.24) is 0 Å². The molecule has 5 rings (SSSR count). The van der Waals surface area contributed by atoms with Crippen LogP contribution in [-0.4, -0.2) is 8.42 Å². The number of fused-ring (bicyclic) bond motifs is 2. The quantitative estimate of drug-likeness (QED) is 0.335. The number of hydrogen-bond acceptors (Lipinski definition) is 4. The van der Waals surface area contributed by atoms with Gasteiger partial charge in [-0.1, -0.05) is 84.4 Å². The van der Waals surface area contributed by atoms with Crippen molar-refractivity contribution < 1.29 is 8.42 Å². The Hall–Kier alpha value is -3.28. The predicted molar refractivity (Wildman–Crippen MR) is 139 cm³/mol. The van der Waals surface area contributed by atoms with Gasteiger partial charge in [0.25, 0.3) is 0 Å². The summed E-state index contributed by atoms with van der Waals surface area (Å²) >= 11 is 4.64. The molecule has 0 N–H and O–H groups in total. The van der Waals surface area contributed by atoms with E-state index in [1.54, 1.807) is 12.1 Å². The second-order valence-electron chi connectivity index (χ2n) is 8.10. The van der Waals surface area contributed by atoms with Crippen LogP contribution < -0.4 is 4.90 Å². The molecule has 1 aliphatic rings. The zero-order valence-corrected chi connectivity index (χ0v) is 19.9. The van der Waals surface area contributed by atoms with E-state index in [4.69, 9.17) is 0 Å². The van der Waals surface area contributed by atoms with Crippen LogP contribution in [0.25, 0.3) is 5.57 Å². The first-order chi connectivity index (χ1) is 16.0. The topological polar surface area (TPSA) is 37.4 Å². The van der Waals surface area contributed by atoms with E-state index < -0.39 is 9.84 Å². The molecular formula is C28H23NO2S2. The minimum Gasteiger partial charge on any atom is -0.336 e. The van der Waals surface area contributed by atoms with Crippen LogP contribution in [0.1, 0.15) is 22.3 Å². The van der Waals surface area contributed by atoms with Crippen molar-refractivity contribution in [3.63, 3.8) is 0 Å². The van der Waals surface area contributed by atoms with Crippen LogP contribution in [0, 0.1) is 6.92 Å². The van der Waals surface area contributed by atoms with Crippen LogP contribution in [0.15, 0.2) is 112 Å². The second kappa shape index (κ2) is 8.58. The SMILES string of the molecule is Cc1ccc(S(=O)(=O)C(S)=C2c3ccccc3N(Cc3ccccc3)c3ccccc32)cc1. The van der Waals surface area contributed by atoms with E-state index in [9.17, 15) is 8.42 Å². The Bertz CT molecular complexity index is 1410. The van der Waals surface area contributed by atoms with E-state index in [0.717, 1.165) is 28.1 Å². The van der Waals surface area contributed by atoms with Crippen LogP contribution in [0.5, 0.6) is 0 Å². The van der Waals surface area contributed by atoms with Gasteiger partial charge in [-0.25, -0.2) is 8.42 Å². The van der Waals surface area contributed by atoms with Crippen LogP contribution in [-0.2, 0) is 16.4 Å². The van der Waals surface area contributed by atoms with E-state index >= 15 is 0 Å². The largest absolute Gasteiger partial charge is 0.336 e. The highest BCUT2D eigenvalue weighted by Gasteiger charge is 2.31. The number of nitrogens with zero attached hydrogens (tertiary/aromatic N) is 1. The summed E-state index contributed by atoms with van der Waals surface area (Å²) in [5.74, 6) is 0. The van der Waals surface area contributed by atoms with Gasteiger partial charge in [-0.3, -0.25) is 0 Å². The number of sulfone groups is 1. The van der Waals surface area contributed by atoms with Gasteiger partial charge < -0.3 is 4.90 Å². The molecule has 164 valence electrons. The Kier molecular flexibility index (Phi) is 5.60. The molecule has 0 fully saturated rings. The molecule has 0 saturated heterocycles. The van der Waals surface area contributed by atoms with Crippen molar-refractivity contribution in [2.24, 2.45) is 0 Å². The van der Waals surface area contributed by atoms with Gasteiger partial charge in [0.2, 0.25) is 9.84 Å². The van der Waals surface area contributed by atoms with Gasteiger partial charge in [-0.05, 0) is 36.8 Å². The molecule has 0 radical (unpaired) electrons. The third kappa shape index (κ3) is 3.88. The lowest BCUT2D eigenvalue weighted by molar-refractivity contribution is 0.604. The molecule has 0 spiro atoms. The Morgan fingerprint density at radius 3 is 1.82 bits per heavy atom. The number of thiol groups is 1. The fourth-order valence-electron chi connectivity index (χ4n) is 4.25. The van der Waals surface area contributed by atoms with E-state index in [1.165, 1.54) is 5.56 Å². The Morgan fingerprint density at radius 2 is 1.24 bits per heavy atom. The summed E-state index contributed by atoms with van der Waals surface area (Å²) in [7, 11) is -3.79. The number of hydrogen-bond donors (Lipinski definition) is 1. The molecule has 4 aromatic rings. The molecule has 1 heterocycles. The molecule has 1 aliphatic heterocycles. The normalized spacial score (nSPS) is 12.8. The predicted octanol–water partition coefficient (Wildman–Crippen LogP) is 6.77. The molecule has 0 unspecified atom stereocenters. The summed E-state index contributed by atoms with van der Waals surface area (Å²) < 4.78 is 27.2. The van der Waals surface area contributed by atoms with Crippen molar-refractivity contribution in [2.45, 2.75) is 18.4 Å². The van der Waals surface area contributed by atoms with E-state index in [1.807, 2.05) is 85.8 Å². The molecule has 0 bridgehead atoms. The van der Waals surface area contributed by atoms with Gasteiger partial charge in [-0.15, -0.1) is 12.6 Å². The standard InChI is InChI=1S/C28H23NO2S2/c1-20-15-17-22(18-16-20)33(30,31)28(32)27-23-11-5-7-13-25(23)29(19-21-9-3-2-4-10-21)26-14-8-6-12-24(26)27/h2-18,32H,19H2,1H3. The Labute approximate surface area is 200 Å². The highest BCUT2D eigenvalue weighted by atomic mass is 32.2. The van der Waals surface area contributed by atoms with Crippen molar-refractivity contribution >= 4 is 39.4 Å². The Balaban J connectivity index is 1.73. The highest BCUT2D eigenvalue weighted by Crippen LogP contribution is 2.48. The van der Waals surface area contributed by atoms with Crippen LogP contribution in [0.4, 0.5) is 11.4 Å². The van der Waals surface area contributed by atoms with Crippen molar-refractivity contribution in [1.29, 1.82) is 0 Å². The van der Waals surface area contributed by atoms with Crippen LogP contribution >= 0.6 is 12.6 Å². The number of anilines is 2. The summed E-state index contributed by atoms with van der Waals surface area (Å²) in [5.41, 5.74) is 6.44. The molecule has 3 nitrogen and oxygen atoms in total. The first kappa shape index (κ1) is 21.6. The van der Waals surface area contributed by atoms with Gasteiger partial charge >= 0.3 is 0 Å². The first-order valence-corrected chi connectivity index (χ1v) is 12.6. The number of rotatable bonds is 4. The Morgan fingerprint density at radius 1 is 0.727 bits per heavy atom. The molecule has 0 aliphatic carbocycles. The molecule has 0 aromatic heterocycles. The van der Waals surface area contributed by atoms with Gasteiger partial charge in [0.05, 0.1) is 4.90 Å². The van der Waals surface area contributed by atoms with Gasteiger partial charge in [0, 0.05) is 34.6 Å². The first-order valence-electron chi connectivity index (χ1n) is 10.7. The molecule has 33 heavy (non-hydrogen) atoms. The average molecular weight is 470 g/mol. The zero-order valence-electron chi connectivity index (χ0n) is 18.1. The molecule has 4 aromatic carbocycles.